The summed E-state index contributed by atoms with van der Waals surface area (Å²) in [6, 6.07) is 8.71. The third kappa shape index (κ3) is 3.58. The summed E-state index contributed by atoms with van der Waals surface area (Å²) in [5, 5.41) is 10.6. The summed E-state index contributed by atoms with van der Waals surface area (Å²) in [4.78, 5) is 11.3. The third-order valence-electron chi connectivity index (χ3n) is 1.70. The van der Waals surface area contributed by atoms with Crippen LogP contribution in [-0.4, -0.2) is 12.6 Å². The maximum Gasteiger partial charge on any atom is 0.338 e. The standard InChI is InChI=1S/C11H12O3/c1-9(12)7-8-14-11(13)10-5-3-2-4-6-10/h2-6H,7-8H2,1H3/q-1. The largest absolute Gasteiger partial charge is 0.850 e. The summed E-state index contributed by atoms with van der Waals surface area (Å²) in [5.74, 6) is -0.383. The summed E-state index contributed by atoms with van der Waals surface area (Å²) in [7, 11) is 0. The maximum absolute atomic E-state index is 11.3. The van der Waals surface area contributed by atoms with Gasteiger partial charge in [-0.25, -0.2) is 4.79 Å². The molecule has 3 heteroatoms. The molecule has 0 N–H and O–H groups in total. The van der Waals surface area contributed by atoms with Crippen molar-refractivity contribution in [1.82, 2.24) is 0 Å². The van der Waals surface area contributed by atoms with E-state index in [1.807, 2.05) is 6.07 Å². The molecular formula is C11H12O3-. The molecule has 0 atom stereocenters. The Morgan fingerprint density at radius 2 is 2.00 bits per heavy atom. The van der Waals surface area contributed by atoms with E-state index in [2.05, 4.69) is 0 Å². The minimum Gasteiger partial charge on any atom is -0.850 e. The third-order valence-corrected chi connectivity index (χ3v) is 1.70. The minimum atomic E-state index is -0.383. The first-order valence-electron chi connectivity index (χ1n) is 4.42. The van der Waals surface area contributed by atoms with E-state index in [-0.39, 0.29) is 25.1 Å². The highest BCUT2D eigenvalue weighted by Crippen LogP contribution is 2.02. The zero-order valence-corrected chi connectivity index (χ0v) is 8.03. The minimum absolute atomic E-state index is 0.0193. The van der Waals surface area contributed by atoms with Gasteiger partial charge in [0.05, 0.1) is 12.2 Å². The molecule has 1 rings (SSSR count). The number of esters is 1. The van der Waals surface area contributed by atoms with Crippen molar-refractivity contribution >= 4 is 5.97 Å². The molecule has 0 aliphatic rings. The van der Waals surface area contributed by atoms with Gasteiger partial charge in [-0.1, -0.05) is 25.1 Å². The van der Waals surface area contributed by atoms with Crippen LogP contribution in [0.2, 0.25) is 0 Å². The van der Waals surface area contributed by atoms with Gasteiger partial charge in [0.2, 0.25) is 0 Å². The van der Waals surface area contributed by atoms with E-state index in [4.69, 9.17) is 4.74 Å². The predicted octanol–water partition coefficient (Wildman–Crippen LogP) is 1.15. The molecule has 0 aliphatic carbocycles. The molecule has 3 nitrogen and oxygen atoms in total. The summed E-state index contributed by atoms with van der Waals surface area (Å²) in [6.07, 6.45) is 0.296. The molecule has 0 heterocycles. The van der Waals surface area contributed by atoms with Crippen LogP contribution in [0.4, 0.5) is 0 Å². The molecule has 0 amide bonds. The lowest BCUT2D eigenvalue weighted by molar-refractivity contribution is -0.353. The SMILES string of the molecule is C[C]([O-])CCOC(=O)c1ccccc1. The number of benzene rings is 1. The average molecular weight is 192 g/mol. The number of hydrogen-bond acceptors (Lipinski definition) is 3. The van der Waals surface area contributed by atoms with Crippen molar-refractivity contribution in [3.05, 3.63) is 42.0 Å². The lowest BCUT2D eigenvalue weighted by Crippen LogP contribution is -2.15. The van der Waals surface area contributed by atoms with Crippen LogP contribution in [0.1, 0.15) is 23.7 Å². The number of rotatable bonds is 4. The van der Waals surface area contributed by atoms with Gasteiger partial charge in [0.1, 0.15) is 0 Å². The average Bonchev–Trinajstić information content (AvgIpc) is 2.18. The van der Waals surface area contributed by atoms with Crippen LogP contribution in [0.5, 0.6) is 0 Å². The highest BCUT2D eigenvalue weighted by Gasteiger charge is 2.04. The summed E-state index contributed by atoms with van der Waals surface area (Å²) < 4.78 is 4.88. The van der Waals surface area contributed by atoms with Crippen molar-refractivity contribution in [2.75, 3.05) is 6.61 Å². The van der Waals surface area contributed by atoms with E-state index in [0.717, 1.165) is 0 Å². The number of carbonyl (C=O) groups excluding carboxylic acids is 1. The summed E-state index contributed by atoms with van der Waals surface area (Å²) in [6.45, 7) is 1.62. The Kier molecular flexibility index (Phi) is 4.13. The Hall–Kier alpha value is -1.35. The van der Waals surface area contributed by atoms with Gasteiger partial charge >= 0.3 is 5.97 Å². The number of hydrogen-bond donors (Lipinski definition) is 0. The first-order valence-corrected chi connectivity index (χ1v) is 4.42. The van der Waals surface area contributed by atoms with Gasteiger partial charge in [0, 0.05) is 0 Å². The molecule has 1 radical (unpaired) electrons. The second kappa shape index (κ2) is 5.40. The fourth-order valence-electron chi connectivity index (χ4n) is 0.945. The Bertz CT molecular complexity index is 280. The molecule has 1 aromatic carbocycles. The summed E-state index contributed by atoms with van der Waals surface area (Å²) in [5.41, 5.74) is 0.510. The van der Waals surface area contributed by atoms with Crippen LogP contribution in [0, 0.1) is 6.10 Å². The Morgan fingerprint density at radius 3 is 2.57 bits per heavy atom. The highest BCUT2D eigenvalue weighted by atomic mass is 16.5. The molecule has 75 valence electrons. The van der Waals surface area contributed by atoms with Crippen molar-refractivity contribution in [1.29, 1.82) is 0 Å². The molecule has 0 saturated carbocycles. The Labute approximate surface area is 83.3 Å². The molecule has 1 aromatic rings. The molecule has 0 bridgehead atoms. The van der Waals surface area contributed by atoms with Gasteiger partial charge in [-0.3, -0.25) is 0 Å². The van der Waals surface area contributed by atoms with Gasteiger partial charge in [-0.05, 0) is 18.6 Å². The second-order valence-electron chi connectivity index (χ2n) is 2.95. The van der Waals surface area contributed by atoms with Crippen LogP contribution in [0.3, 0.4) is 0 Å². The van der Waals surface area contributed by atoms with E-state index >= 15 is 0 Å². The van der Waals surface area contributed by atoms with Crippen molar-refractivity contribution in [3.63, 3.8) is 0 Å². The van der Waals surface area contributed by atoms with Gasteiger partial charge in [-0.15, -0.1) is 6.10 Å². The maximum atomic E-state index is 11.3. The topological polar surface area (TPSA) is 49.4 Å². The number of ether oxygens (including phenoxy) is 1. The zero-order chi connectivity index (χ0) is 10.4. The fraction of sp³-hybridized carbons (Fsp3) is 0.273. The summed E-state index contributed by atoms with van der Waals surface area (Å²) >= 11 is 0. The van der Waals surface area contributed by atoms with Crippen LogP contribution < -0.4 is 5.11 Å². The van der Waals surface area contributed by atoms with E-state index < -0.39 is 0 Å². The van der Waals surface area contributed by atoms with Crippen LogP contribution in [0.25, 0.3) is 0 Å². The molecule has 0 saturated heterocycles. The lowest BCUT2D eigenvalue weighted by atomic mass is 10.2. The second-order valence-corrected chi connectivity index (χ2v) is 2.95. The predicted molar refractivity (Wildman–Crippen MR) is 50.3 cm³/mol. The van der Waals surface area contributed by atoms with Crippen LogP contribution in [0.15, 0.2) is 30.3 Å². The van der Waals surface area contributed by atoms with Gasteiger partial charge < -0.3 is 9.84 Å². The van der Waals surface area contributed by atoms with Crippen molar-refractivity contribution in [2.24, 2.45) is 0 Å². The normalized spacial score (nSPS) is 10.2. The highest BCUT2D eigenvalue weighted by molar-refractivity contribution is 5.89. The van der Waals surface area contributed by atoms with Gasteiger partial charge in [0.25, 0.3) is 0 Å². The first kappa shape index (κ1) is 10.7. The quantitative estimate of drug-likeness (QED) is 0.672. The smallest absolute Gasteiger partial charge is 0.338 e. The Balaban J connectivity index is 2.36. The molecule has 0 aliphatic heterocycles. The Morgan fingerprint density at radius 1 is 1.36 bits per heavy atom. The molecule has 14 heavy (non-hydrogen) atoms. The molecular weight excluding hydrogens is 180 g/mol. The van der Waals surface area contributed by atoms with Crippen molar-refractivity contribution in [3.8, 4) is 0 Å². The van der Waals surface area contributed by atoms with Crippen molar-refractivity contribution in [2.45, 2.75) is 13.3 Å². The first-order chi connectivity index (χ1) is 6.70. The van der Waals surface area contributed by atoms with Gasteiger partial charge in [0.15, 0.2) is 0 Å². The molecule has 0 aromatic heterocycles. The van der Waals surface area contributed by atoms with E-state index in [0.29, 0.717) is 5.56 Å². The lowest BCUT2D eigenvalue weighted by Gasteiger charge is -2.14. The van der Waals surface area contributed by atoms with Crippen LogP contribution >= 0.6 is 0 Å². The van der Waals surface area contributed by atoms with Crippen molar-refractivity contribution < 1.29 is 14.6 Å². The zero-order valence-electron chi connectivity index (χ0n) is 8.03. The van der Waals surface area contributed by atoms with E-state index in [1.54, 1.807) is 24.3 Å². The van der Waals surface area contributed by atoms with Crippen LogP contribution in [-0.2, 0) is 4.74 Å². The molecule has 0 fully saturated rings. The monoisotopic (exact) mass is 192 g/mol. The fourth-order valence-corrected chi connectivity index (χ4v) is 0.945. The van der Waals surface area contributed by atoms with E-state index in [1.165, 1.54) is 6.92 Å². The van der Waals surface area contributed by atoms with Gasteiger partial charge in [-0.2, -0.15) is 0 Å². The molecule has 0 spiro atoms. The molecule has 0 unspecified atom stereocenters. The number of carbonyl (C=O) groups is 1. The van der Waals surface area contributed by atoms with E-state index in [9.17, 15) is 9.90 Å².